The predicted molar refractivity (Wildman–Crippen MR) is 46.5 cm³/mol. The zero-order valence-corrected chi connectivity index (χ0v) is 8.30. The van der Waals surface area contributed by atoms with E-state index in [1.807, 2.05) is 0 Å². The van der Waals surface area contributed by atoms with Crippen LogP contribution >= 0.6 is 0 Å². The summed E-state index contributed by atoms with van der Waals surface area (Å²) in [4.78, 5) is 0. The van der Waals surface area contributed by atoms with Crippen molar-refractivity contribution in [2.24, 2.45) is 0 Å². The van der Waals surface area contributed by atoms with Crippen molar-refractivity contribution in [1.82, 2.24) is 0 Å². The van der Waals surface area contributed by atoms with E-state index in [2.05, 4.69) is 16.1 Å². The van der Waals surface area contributed by atoms with E-state index in [9.17, 15) is 16.7 Å². The largest absolute Gasteiger partial charge is 0.502 e. The maximum atomic E-state index is 12.4. The van der Waals surface area contributed by atoms with Gasteiger partial charge >= 0.3 is 10.2 Å². The standard InChI is InChI=1S/C7H12F2O4S/c1-2-12-5-3-7(13-6-4-8)14(9,10)11/h2,7H,1,3-6H2. The highest BCUT2D eigenvalue weighted by Crippen LogP contribution is 2.10. The molecule has 0 fully saturated rings. The van der Waals surface area contributed by atoms with E-state index in [4.69, 9.17) is 0 Å². The van der Waals surface area contributed by atoms with Gasteiger partial charge in [0.25, 0.3) is 0 Å². The number of alkyl halides is 1. The molecule has 0 radical (unpaired) electrons. The second kappa shape index (κ2) is 6.72. The molecular formula is C7H12F2O4S. The lowest BCUT2D eigenvalue weighted by atomic mass is 10.5. The predicted octanol–water partition coefficient (Wildman–Crippen LogP) is 1.15. The summed E-state index contributed by atoms with van der Waals surface area (Å²) in [6.07, 6.45) is 0.891. The highest BCUT2D eigenvalue weighted by Gasteiger charge is 2.25. The molecule has 0 saturated heterocycles. The molecule has 7 heteroatoms. The van der Waals surface area contributed by atoms with Gasteiger partial charge in [-0.2, -0.15) is 8.42 Å². The van der Waals surface area contributed by atoms with Gasteiger partial charge in [-0.15, -0.1) is 3.89 Å². The average molecular weight is 230 g/mol. The fourth-order valence-corrected chi connectivity index (χ4v) is 1.37. The first kappa shape index (κ1) is 13.3. The molecule has 0 aromatic carbocycles. The van der Waals surface area contributed by atoms with E-state index < -0.39 is 28.9 Å². The van der Waals surface area contributed by atoms with Gasteiger partial charge < -0.3 is 9.47 Å². The van der Waals surface area contributed by atoms with Crippen molar-refractivity contribution in [2.75, 3.05) is 19.9 Å². The quantitative estimate of drug-likeness (QED) is 0.356. The van der Waals surface area contributed by atoms with Gasteiger partial charge in [0.1, 0.15) is 6.67 Å². The van der Waals surface area contributed by atoms with Crippen LogP contribution in [0.3, 0.4) is 0 Å². The molecule has 0 saturated carbocycles. The molecule has 0 aliphatic heterocycles. The van der Waals surface area contributed by atoms with Crippen LogP contribution in [0.4, 0.5) is 8.28 Å². The fourth-order valence-electron chi connectivity index (χ4n) is 0.729. The molecule has 0 rings (SSSR count). The molecule has 1 atom stereocenters. The summed E-state index contributed by atoms with van der Waals surface area (Å²) in [5.41, 5.74) is -1.67. The Morgan fingerprint density at radius 2 is 2.07 bits per heavy atom. The topological polar surface area (TPSA) is 52.6 Å². The first-order chi connectivity index (χ1) is 6.52. The fraction of sp³-hybridized carbons (Fsp3) is 0.714. The van der Waals surface area contributed by atoms with Gasteiger partial charge in [0, 0.05) is 6.42 Å². The number of hydrogen-bond donors (Lipinski definition) is 0. The van der Waals surface area contributed by atoms with Crippen LogP contribution < -0.4 is 0 Å². The Morgan fingerprint density at radius 1 is 1.43 bits per heavy atom. The molecule has 0 aliphatic rings. The maximum absolute atomic E-state index is 12.4. The normalized spacial score (nSPS) is 13.6. The van der Waals surface area contributed by atoms with Crippen LogP contribution in [-0.4, -0.2) is 33.7 Å². The molecule has 14 heavy (non-hydrogen) atoms. The molecule has 0 aromatic rings. The smallest absolute Gasteiger partial charge is 0.329 e. The van der Waals surface area contributed by atoms with E-state index >= 15 is 0 Å². The van der Waals surface area contributed by atoms with Crippen molar-refractivity contribution in [3.05, 3.63) is 12.8 Å². The van der Waals surface area contributed by atoms with Crippen LogP contribution in [0.1, 0.15) is 6.42 Å². The maximum Gasteiger partial charge on any atom is 0.329 e. The minimum Gasteiger partial charge on any atom is -0.502 e. The zero-order chi connectivity index (χ0) is 11.0. The van der Waals surface area contributed by atoms with Crippen molar-refractivity contribution in [3.63, 3.8) is 0 Å². The van der Waals surface area contributed by atoms with Crippen molar-refractivity contribution >= 4 is 10.2 Å². The average Bonchev–Trinajstić information content (AvgIpc) is 2.09. The lowest BCUT2D eigenvalue weighted by Crippen LogP contribution is -2.23. The van der Waals surface area contributed by atoms with Crippen molar-refractivity contribution in [1.29, 1.82) is 0 Å². The summed E-state index contributed by atoms with van der Waals surface area (Å²) in [7, 11) is -4.82. The molecule has 84 valence electrons. The minimum atomic E-state index is -4.82. The molecule has 0 aromatic heterocycles. The number of rotatable bonds is 8. The summed E-state index contributed by atoms with van der Waals surface area (Å²) in [5.74, 6) is 0. The van der Waals surface area contributed by atoms with Crippen LogP contribution in [0.2, 0.25) is 0 Å². The molecule has 0 spiro atoms. The van der Waals surface area contributed by atoms with Crippen molar-refractivity contribution in [2.45, 2.75) is 11.9 Å². The van der Waals surface area contributed by atoms with Gasteiger partial charge in [-0.3, -0.25) is 0 Å². The summed E-state index contributed by atoms with van der Waals surface area (Å²) < 4.78 is 54.0. The number of hydrogen-bond acceptors (Lipinski definition) is 4. The number of ether oxygens (including phenoxy) is 2. The van der Waals surface area contributed by atoms with Crippen molar-refractivity contribution < 1.29 is 26.2 Å². The van der Waals surface area contributed by atoms with E-state index in [-0.39, 0.29) is 13.0 Å². The number of halogens is 2. The Bertz CT molecular complexity index is 252. The Kier molecular flexibility index (Phi) is 6.39. The van der Waals surface area contributed by atoms with Gasteiger partial charge in [-0.05, 0) is 0 Å². The van der Waals surface area contributed by atoms with Crippen LogP contribution in [0.15, 0.2) is 12.8 Å². The first-order valence-corrected chi connectivity index (χ1v) is 5.30. The van der Waals surface area contributed by atoms with Gasteiger partial charge in [0.2, 0.25) is 0 Å². The molecule has 0 heterocycles. The van der Waals surface area contributed by atoms with Crippen molar-refractivity contribution in [3.8, 4) is 0 Å². The van der Waals surface area contributed by atoms with E-state index in [0.717, 1.165) is 6.26 Å². The third-order valence-corrected chi connectivity index (χ3v) is 2.28. The Hall–Kier alpha value is -0.690. The monoisotopic (exact) mass is 230 g/mol. The lowest BCUT2D eigenvalue weighted by Gasteiger charge is -2.12. The molecular weight excluding hydrogens is 218 g/mol. The van der Waals surface area contributed by atoms with E-state index in [0.29, 0.717) is 0 Å². The van der Waals surface area contributed by atoms with Crippen LogP contribution in [-0.2, 0) is 19.7 Å². The van der Waals surface area contributed by atoms with Crippen LogP contribution in [0, 0.1) is 0 Å². The third-order valence-electron chi connectivity index (χ3n) is 1.28. The van der Waals surface area contributed by atoms with Crippen LogP contribution in [0.25, 0.3) is 0 Å². The van der Waals surface area contributed by atoms with Gasteiger partial charge in [-0.1, -0.05) is 6.58 Å². The summed E-state index contributed by atoms with van der Waals surface area (Å²) >= 11 is 0. The molecule has 1 unspecified atom stereocenters. The van der Waals surface area contributed by atoms with Gasteiger partial charge in [0.15, 0.2) is 5.44 Å². The minimum absolute atomic E-state index is 0.0520. The first-order valence-electron chi connectivity index (χ1n) is 3.86. The van der Waals surface area contributed by atoms with E-state index in [1.165, 1.54) is 0 Å². The zero-order valence-electron chi connectivity index (χ0n) is 7.49. The third kappa shape index (κ3) is 5.87. The summed E-state index contributed by atoms with van der Waals surface area (Å²) in [6, 6.07) is 0. The van der Waals surface area contributed by atoms with Gasteiger partial charge in [0.05, 0.1) is 19.5 Å². The lowest BCUT2D eigenvalue weighted by molar-refractivity contribution is 0.0703. The second-order valence-electron chi connectivity index (χ2n) is 2.29. The molecule has 4 nitrogen and oxygen atoms in total. The Labute approximate surface area is 81.7 Å². The van der Waals surface area contributed by atoms with E-state index in [1.54, 1.807) is 0 Å². The van der Waals surface area contributed by atoms with Crippen LogP contribution in [0.5, 0.6) is 0 Å². The highest BCUT2D eigenvalue weighted by molar-refractivity contribution is 7.86. The molecule has 0 bridgehead atoms. The molecule has 0 N–H and O–H groups in total. The van der Waals surface area contributed by atoms with Gasteiger partial charge in [-0.25, -0.2) is 4.39 Å². The highest BCUT2D eigenvalue weighted by atomic mass is 32.3. The summed E-state index contributed by atoms with van der Waals surface area (Å²) in [5, 5.41) is 0. The molecule has 0 aliphatic carbocycles. The summed E-state index contributed by atoms with van der Waals surface area (Å²) in [6.45, 7) is 1.84. The Morgan fingerprint density at radius 3 is 2.50 bits per heavy atom. The second-order valence-corrected chi connectivity index (χ2v) is 3.77. The SMILES string of the molecule is C=COCCC(OCCF)S(=O)(=O)F. The molecule has 0 amide bonds. The Balaban J connectivity index is 4.05.